The maximum absolute atomic E-state index is 10.5. The second-order valence-electron chi connectivity index (χ2n) is 2.31. The van der Waals surface area contributed by atoms with Crippen LogP contribution in [0.5, 0.6) is 0 Å². The molecule has 4 heteroatoms. The van der Waals surface area contributed by atoms with Crippen LogP contribution in [-0.2, 0) is 0 Å². The normalized spacial score (nSPS) is 10.3. The third kappa shape index (κ3) is 0.934. The molecule has 2 heterocycles. The summed E-state index contributed by atoms with van der Waals surface area (Å²) in [5.74, 6) is -0.545. The predicted octanol–water partition coefficient (Wildman–Crippen LogP) is 1.48. The molecule has 0 saturated heterocycles. The fourth-order valence-electron chi connectivity index (χ4n) is 0.982. The van der Waals surface area contributed by atoms with Crippen LogP contribution < -0.4 is 0 Å². The maximum atomic E-state index is 10.5. The summed E-state index contributed by atoms with van der Waals surface area (Å²) in [6.45, 7) is 0. The Labute approximate surface area is 67.8 Å². The van der Waals surface area contributed by atoms with Crippen molar-refractivity contribution >= 4 is 5.97 Å². The molecule has 0 radical (unpaired) electrons. The fraction of sp³-hybridized carbons (Fsp3) is 0. The summed E-state index contributed by atoms with van der Waals surface area (Å²) in [6.07, 6.45) is 1.48. The largest absolute Gasteiger partial charge is 0.477 e. The fourth-order valence-corrected chi connectivity index (χ4v) is 0.982. The molecule has 0 unspecified atom stereocenters. The average Bonchev–Trinajstić information content (AvgIpc) is 2.46. The van der Waals surface area contributed by atoms with Gasteiger partial charge in [-0.3, -0.25) is 0 Å². The van der Waals surface area contributed by atoms with Gasteiger partial charge in [-0.05, 0) is 12.1 Å². The van der Waals surface area contributed by atoms with Gasteiger partial charge in [-0.15, -0.1) is 0 Å². The Morgan fingerprint density at radius 3 is 3.08 bits per heavy atom. The number of hydrogen-bond acceptors (Lipinski definition) is 3. The highest BCUT2D eigenvalue weighted by Crippen LogP contribution is 2.21. The lowest BCUT2D eigenvalue weighted by molar-refractivity contribution is 0.0691. The van der Waals surface area contributed by atoms with E-state index in [2.05, 4.69) is 4.98 Å². The Kier molecular flexibility index (Phi) is 1.33. The minimum Gasteiger partial charge on any atom is -0.477 e. The summed E-state index contributed by atoms with van der Waals surface area (Å²) in [7, 11) is 0. The number of rotatable bonds is 1. The lowest BCUT2D eigenvalue weighted by Crippen LogP contribution is -1.94. The van der Waals surface area contributed by atoms with Gasteiger partial charge in [-0.1, -0.05) is 0 Å². The van der Waals surface area contributed by atoms with Crippen LogP contribution in [0.1, 0.15) is 10.5 Å². The quantitative estimate of drug-likeness (QED) is 0.691. The molecule has 0 bridgehead atoms. The minimum atomic E-state index is -1.04. The second-order valence-corrected chi connectivity index (χ2v) is 2.31. The van der Waals surface area contributed by atoms with Crippen molar-refractivity contribution in [2.45, 2.75) is 0 Å². The van der Waals surface area contributed by atoms with Crippen LogP contribution in [0.25, 0.3) is 11.5 Å². The number of hydrogen-bond donors (Lipinski definition) is 1. The van der Waals surface area contributed by atoms with Crippen molar-refractivity contribution in [3.05, 3.63) is 30.2 Å². The first-order valence-electron chi connectivity index (χ1n) is 3.35. The molecule has 0 fully saturated rings. The molecule has 12 heavy (non-hydrogen) atoms. The molecule has 2 aliphatic rings. The first-order valence-corrected chi connectivity index (χ1v) is 3.35. The zero-order chi connectivity index (χ0) is 8.55. The lowest BCUT2D eigenvalue weighted by atomic mass is 10.3. The number of fused-ring (bicyclic) bond motifs is 1. The number of aromatic carboxylic acids is 1. The molecule has 0 aliphatic carbocycles. The topological polar surface area (TPSA) is 63.3 Å². The van der Waals surface area contributed by atoms with Gasteiger partial charge in [0.25, 0.3) is 0 Å². The molecule has 2 rings (SSSR count). The Balaban J connectivity index is 2.63. The molecule has 60 valence electrons. The van der Waals surface area contributed by atoms with Crippen LogP contribution in [0, 0.1) is 0 Å². The minimum absolute atomic E-state index is 0.0138. The van der Waals surface area contributed by atoms with Crippen molar-refractivity contribution in [2.24, 2.45) is 0 Å². The molecule has 0 atom stereocenters. The molecule has 0 saturated carbocycles. The van der Waals surface area contributed by atoms with Crippen LogP contribution in [0.2, 0.25) is 0 Å². The summed E-state index contributed by atoms with van der Waals surface area (Å²) in [5.41, 5.74) is 0.579. The molecule has 0 amide bonds. The summed E-state index contributed by atoms with van der Waals surface area (Å²) >= 11 is 0. The number of carbonyl (C=O) groups is 1. The van der Waals surface area contributed by atoms with Crippen LogP contribution in [-0.4, -0.2) is 16.1 Å². The maximum Gasteiger partial charge on any atom is 0.354 e. The highest BCUT2D eigenvalue weighted by molar-refractivity contribution is 5.88. The lowest BCUT2D eigenvalue weighted by Gasteiger charge is -1.90. The summed E-state index contributed by atoms with van der Waals surface area (Å²) < 4.78 is 5.02. The molecule has 0 aromatic heterocycles. The molecule has 0 aromatic rings. The van der Waals surface area contributed by atoms with E-state index in [0.29, 0.717) is 11.5 Å². The van der Waals surface area contributed by atoms with Crippen LogP contribution >= 0.6 is 0 Å². The van der Waals surface area contributed by atoms with E-state index in [0.717, 1.165) is 0 Å². The zero-order valence-corrected chi connectivity index (χ0v) is 6.02. The summed E-state index contributed by atoms with van der Waals surface area (Å²) in [6, 6.07) is 4.77. The monoisotopic (exact) mass is 163 g/mol. The van der Waals surface area contributed by atoms with Crippen molar-refractivity contribution in [1.29, 1.82) is 0 Å². The summed E-state index contributed by atoms with van der Waals surface area (Å²) in [4.78, 5) is 14.3. The van der Waals surface area contributed by atoms with Gasteiger partial charge in [0.15, 0.2) is 11.5 Å². The van der Waals surface area contributed by atoms with Crippen LogP contribution in [0.4, 0.5) is 0 Å². The van der Waals surface area contributed by atoms with E-state index >= 15 is 0 Å². The molecule has 1 N–H and O–H groups in total. The smallest absolute Gasteiger partial charge is 0.354 e. The van der Waals surface area contributed by atoms with Gasteiger partial charge in [0.2, 0.25) is 0 Å². The van der Waals surface area contributed by atoms with Gasteiger partial charge < -0.3 is 9.52 Å². The van der Waals surface area contributed by atoms with Crippen molar-refractivity contribution in [3.63, 3.8) is 0 Å². The van der Waals surface area contributed by atoms with Gasteiger partial charge in [-0.25, -0.2) is 9.78 Å². The van der Waals surface area contributed by atoms with Gasteiger partial charge in [0.05, 0.1) is 6.26 Å². The molecule has 0 aromatic carbocycles. The second kappa shape index (κ2) is 2.34. The summed E-state index contributed by atoms with van der Waals surface area (Å²) in [5, 5.41) is 8.58. The Bertz CT molecular complexity index is 363. The van der Waals surface area contributed by atoms with Gasteiger partial charge in [-0.2, -0.15) is 0 Å². The molecular formula is C8H5NO3. The third-order valence-electron chi connectivity index (χ3n) is 1.51. The Hall–Kier alpha value is -1.84. The Morgan fingerprint density at radius 1 is 1.58 bits per heavy atom. The first-order chi connectivity index (χ1) is 5.77. The van der Waals surface area contributed by atoms with E-state index in [4.69, 9.17) is 9.52 Å². The van der Waals surface area contributed by atoms with Crippen molar-refractivity contribution in [1.82, 2.24) is 4.98 Å². The number of carboxylic acid groups (broad SMARTS) is 1. The van der Waals surface area contributed by atoms with Crippen molar-refractivity contribution < 1.29 is 14.3 Å². The highest BCUT2D eigenvalue weighted by atomic mass is 16.4. The van der Waals surface area contributed by atoms with Crippen LogP contribution in [0.15, 0.2) is 28.9 Å². The van der Waals surface area contributed by atoms with Crippen molar-refractivity contribution in [2.75, 3.05) is 0 Å². The van der Waals surface area contributed by atoms with Gasteiger partial charge >= 0.3 is 5.97 Å². The number of aromatic nitrogens is 1. The molecule has 4 nitrogen and oxygen atoms in total. The van der Waals surface area contributed by atoms with Crippen LogP contribution in [0.3, 0.4) is 0 Å². The number of nitrogens with zero attached hydrogens (tertiary/aromatic N) is 1. The molecular weight excluding hydrogens is 158 g/mol. The van der Waals surface area contributed by atoms with E-state index in [1.807, 2.05) is 0 Å². The highest BCUT2D eigenvalue weighted by Gasteiger charge is 2.14. The van der Waals surface area contributed by atoms with E-state index < -0.39 is 5.97 Å². The van der Waals surface area contributed by atoms with E-state index in [9.17, 15) is 4.79 Å². The van der Waals surface area contributed by atoms with Gasteiger partial charge in [0.1, 0.15) is 5.69 Å². The first kappa shape index (κ1) is 6.84. The standard InChI is InChI=1S/C8H5NO3/c10-8(11)6-4-7-5(9-6)2-1-3-12-7/h1-4H,(H,10,11). The SMILES string of the molecule is O=C(O)c1cc2occcc-2n1. The average molecular weight is 163 g/mol. The van der Waals surface area contributed by atoms with E-state index in [1.165, 1.54) is 12.3 Å². The van der Waals surface area contributed by atoms with E-state index in [1.54, 1.807) is 12.1 Å². The van der Waals surface area contributed by atoms with Crippen molar-refractivity contribution in [3.8, 4) is 11.5 Å². The third-order valence-corrected chi connectivity index (χ3v) is 1.51. The Morgan fingerprint density at radius 2 is 2.42 bits per heavy atom. The zero-order valence-electron chi connectivity index (χ0n) is 6.02. The number of carboxylic acids is 1. The predicted molar refractivity (Wildman–Crippen MR) is 40.1 cm³/mol. The molecule has 0 spiro atoms. The van der Waals surface area contributed by atoms with E-state index in [-0.39, 0.29) is 5.69 Å². The molecule has 2 aliphatic heterocycles. The van der Waals surface area contributed by atoms with Gasteiger partial charge in [0, 0.05) is 6.07 Å².